The standard InChI is InChI=1S/C20H21N7O3/c1-14-2-4-15(5-3-14)27-17(28)13-23-18(24-27)20(30)26-10-8-25(9-11-26)19(29)16-12-21-6-7-22-16/h2-7,12H,8-11,13H2,1H3,(H,23,24). The first kappa shape index (κ1) is 19.5. The van der Waals surface area contributed by atoms with E-state index in [0.717, 1.165) is 5.56 Å². The SMILES string of the molecule is Cc1ccc(N2NC(C(=O)N3CCN(C(=O)c4cnccn4)CC3)=NCC2=O)cc1. The molecule has 1 aromatic carbocycles. The second-order valence-electron chi connectivity index (χ2n) is 7.02. The molecule has 0 bridgehead atoms. The molecule has 0 atom stereocenters. The summed E-state index contributed by atoms with van der Waals surface area (Å²) in [4.78, 5) is 53.0. The van der Waals surface area contributed by atoms with Crippen LogP contribution in [-0.4, -0.2) is 76.0 Å². The molecule has 3 heterocycles. The molecule has 2 aliphatic rings. The fourth-order valence-corrected chi connectivity index (χ4v) is 3.27. The number of aromatic nitrogens is 2. The molecule has 1 N–H and O–H groups in total. The monoisotopic (exact) mass is 407 g/mol. The molecule has 0 radical (unpaired) electrons. The summed E-state index contributed by atoms with van der Waals surface area (Å²) < 4.78 is 0. The third-order valence-electron chi connectivity index (χ3n) is 4.97. The molecule has 154 valence electrons. The Labute approximate surface area is 173 Å². The number of nitrogens with zero attached hydrogens (tertiary/aromatic N) is 6. The van der Waals surface area contributed by atoms with Crippen LogP contribution in [0.5, 0.6) is 0 Å². The average molecular weight is 407 g/mol. The molecular weight excluding hydrogens is 386 g/mol. The number of carbonyl (C=O) groups excluding carboxylic acids is 3. The lowest BCUT2D eigenvalue weighted by molar-refractivity contribution is -0.125. The molecule has 30 heavy (non-hydrogen) atoms. The molecule has 1 saturated heterocycles. The smallest absolute Gasteiger partial charge is 0.290 e. The molecule has 1 aromatic heterocycles. The van der Waals surface area contributed by atoms with Crippen molar-refractivity contribution in [2.75, 3.05) is 37.7 Å². The summed E-state index contributed by atoms with van der Waals surface area (Å²) in [5.74, 6) is -0.635. The summed E-state index contributed by atoms with van der Waals surface area (Å²) in [6.45, 7) is 3.35. The minimum Gasteiger partial charge on any atom is -0.334 e. The van der Waals surface area contributed by atoms with E-state index in [1.165, 1.54) is 23.6 Å². The van der Waals surface area contributed by atoms with Gasteiger partial charge in [0.25, 0.3) is 17.7 Å². The first-order valence-electron chi connectivity index (χ1n) is 9.58. The van der Waals surface area contributed by atoms with Crippen LogP contribution in [0.4, 0.5) is 5.69 Å². The number of aliphatic imine (C=N–C) groups is 1. The number of amides is 3. The van der Waals surface area contributed by atoms with Crippen LogP contribution in [0, 0.1) is 6.92 Å². The van der Waals surface area contributed by atoms with Gasteiger partial charge in [0.15, 0.2) is 0 Å². The number of anilines is 1. The van der Waals surface area contributed by atoms with Gasteiger partial charge in [0.1, 0.15) is 12.2 Å². The van der Waals surface area contributed by atoms with Crippen molar-refractivity contribution in [2.24, 2.45) is 4.99 Å². The summed E-state index contributed by atoms with van der Waals surface area (Å²) in [5, 5.41) is 1.34. The number of rotatable bonds is 3. The largest absolute Gasteiger partial charge is 0.334 e. The van der Waals surface area contributed by atoms with E-state index < -0.39 is 0 Å². The van der Waals surface area contributed by atoms with Gasteiger partial charge in [-0.25, -0.2) is 9.99 Å². The molecule has 10 heteroatoms. The molecular formula is C20H21N7O3. The summed E-state index contributed by atoms with van der Waals surface area (Å²) in [5.41, 5.74) is 4.84. The third-order valence-corrected chi connectivity index (χ3v) is 4.97. The van der Waals surface area contributed by atoms with Crippen molar-refractivity contribution in [3.8, 4) is 0 Å². The molecule has 0 saturated carbocycles. The van der Waals surface area contributed by atoms with E-state index in [0.29, 0.717) is 31.9 Å². The van der Waals surface area contributed by atoms with Crippen LogP contribution < -0.4 is 10.4 Å². The fraction of sp³-hybridized carbons (Fsp3) is 0.300. The van der Waals surface area contributed by atoms with Gasteiger partial charge in [0.05, 0.1) is 11.9 Å². The van der Waals surface area contributed by atoms with Crippen molar-refractivity contribution in [3.05, 3.63) is 54.1 Å². The Hall–Kier alpha value is -3.82. The number of amidine groups is 1. The zero-order chi connectivity index (χ0) is 21.1. The number of aryl methyl sites for hydroxylation is 1. The van der Waals surface area contributed by atoms with Gasteiger partial charge in [0, 0.05) is 38.6 Å². The summed E-state index contributed by atoms with van der Waals surface area (Å²) in [6.07, 6.45) is 4.41. The maximum atomic E-state index is 12.9. The van der Waals surface area contributed by atoms with Crippen LogP contribution in [0.15, 0.2) is 47.8 Å². The topological polar surface area (TPSA) is 111 Å². The fourth-order valence-electron chi connectivity index (χ4n) is 3.27. The second kappa shape index (κ2) is 8.27. The zero-order valence-corrected chi connectivity index (χ0v) is 16.5. The minimum absolute atomic E-state index is 0.104. The number of hydrazine groups is 1. The molecule has 3 amide bonds. The first-order valence-corrected chi connectivity index (χ1v) is 9.58. The molecule has 1 fully saturated rings. The van der Waals surface area contributed by atoms with E-state index in [2.05, 4.69) is 20.4 Å². The van der Waals surface area contributed by atoms with Crippen LogP contribution in [0.2, 0.25) is 0 Å². The third kappa shape index (κ3) is 3.97. The Morgan fingerprint density at radius 2 is 1.63 bits per heavy atom. The lowest BCUT2D eigenvalue weighted by Gasteiger charge is -2.36. The zero-order valence-electron chi connectivity index (χ0n) is 16.5. The Bertz CT molecular complexity index is 983. The van der Waals surface area contributed by atoms with Crippen LogP contribution in [-0.2, 0) is 9.59 Å². The van der Waals surface area contributed by atoms with Crippen molar-refractivity contribution >= 4 is 29.2 Å². The van der Waals surface area contributed by atoms with Crippen LogP contribution in [0.25, 0.3) is 0 Å². The van der Waals surface area contributed by atoms with E-state index in [1.807, 2.05) is 31.2 Å². The summed E-state index contributed by atoms with van der Waals surface area (Å²) >= 11 is 0. The number of nitrogens with one attached hydrogen (secondary N) is 1. The predicted octanol–water partition coefficient (Wildman–Crippen LogP) is 0.0193. The maximum absolute atomic E-state index is 12.9. The number of hydrogen-bond acceptors (Lipinski definition) is 7. The van der Waals surface area contributed by atoms with Crippen LogP contribution in [0.3, 0.4) is 0 Å². The normalized spacial score (nSPS) is 16.8. The van der Waals surface area contributed by atoms with Crippen LogP contribution in [0.1, 0.15) is 16.1 Å². The molecule has 0 unspecified atom stereocenters. The lowest BCUT2D eigenvalue weighted by atomic mass is 10.2. The highest BCUT2D eigenvalue weighted by Crippen LogP contribution is 2.16. The van der Waals surface area contributed by atoms with Crippen molar-refractivity contribution < 1.29 is 14.4 Å². The predicted molar refractivity (Wildman–Crippen MR) is 109 cm³/mol. The van der Waals surface area contributed by atoms with Crippen LogP contribution >= 0.6 is 0 Å². The number of carbonyl (C=O) groups is 3. The van der Waals surface area contributed by atoms with Gasteiger partial charge < -0.3 is 9.80 Å². The Balaban J connectivity index is 1.38. The molecule has 10 nitrogen and oxygen atoms in total. The first-order chi connectivity index (χ1) is 14.5. The second-order valence-corrected chi connectivity index (χ2v) is 7.02. The Morgan fingerprint density at radius 3 is 2.27 bits per heavy atom. The van der Waals surface area contributed by atoms with E-state index in [1.54, 1.807) is 9.80 Å². The van der Waals surface area contributed by atoms with Gasteiger partial charge in [-0.05, 0) is 19.1 Å². The van der Waals surface area contributed by atoms with E-state index in [4.69, 9.17) is 0 Å². The molecule has 2 aliphatic heterocycles. The van der Waals surface area contributed by atoms with Crippen molar-refractivity contribution in [1.29, 1.82) is 0 Å². The Kier molecular flexibility index (Phi) is 5.38. The van der Waals surface area contributed by atoms with Gasteiger partial charge >= 0.3 is 0 Å². The highest BCUT2D eigenvalue weighted by molar-refractivity contribution is 6.39. The van der Waals surface area contributed by atoms with Gasteiger partial charge in [-0.2, -0.15) is 0 Å². The molecule has 0 aliphatic carbocycles. The summed E-state index contributed by atoms with van der Waals surface area (Å²) in [7, 11) is 0. The Morgan fingerprint density at radius 1 is 0.967 bits per heavy atom. The van der Waals surface area contributed by atoms with Gasteiger partial charge in [0.2, 0.25) is 5.84 Å². The highest BCUT2D eigenvalue weighted by atomic mass is 16.2. The number of piperazine rings is 1. The van der Waals surface area contributed by atoms with E-state index >= 15 is 0 Å². The molecule has 2 aromatic rings. The number of hydrogen-bond donors (Lipinski definition) is 1. The quantitative estimate of drug-likeness (QED) is 0.768. The van der Waals surface area contributed by atoms with Gasteiger partial charge in [-0.15, -0.1) is 0 Å². The van der Waals surface area contributed by atoms with Crippen molar-refractivity contribution in [1.82, 2.24) is 25.2 Å². The number of benzene rings is 1. The van der Waals surface area contributed by atoms with E-state index in [9.17, 15) is 14.4 Å². The lowest BCUT2D eigenvalue weighted by Crippen LogP contribution is -2.59. The average Bonchev–Trinajstić information content (AvgIpc) is 2.80. The van der Waals surface area contributed by atoms with E-state index in [-0.39, 0.29) is 35.8 Å². The maximum Gasteiger partial charge on any atom is 0.290 e. The van der Waals surface area contributed by atoms with Crippen molar-refractivity contribution in [3.63, 3.8) is 0 Å². The van der Waals surface area contributed by atoms with Crippen molar-refractivity contribution in [2.45, 2.75) is 6.92 Å². The highest BCUT2D eigenvalue weighted by Gasteiger charge is 2.31. The minimum atomic E-state index is -0.300. The molecule has 0 spiro atoms. The summed E-state index contributed by atoms with van der Waals surface area (Å²) in [6, 6.07) is 7.41. The molecule has 4 rings (SSSR count). The van der Waals surface area contributed by atoms with Gasteiger partial charge in [-0.1, -0.05) is 17.7 Å². The van der Waals surface area contributed by atoms with Gasteiger partial charge in [-0.3, -0.25) is 29.8 Å².